The third-order valence-corrected chi connectivity index (χ3v) is 4.16. The first-order chi connectivity index (χ1) is 11.7. The SMILES string of the molecule is Nc1ncccc1C(=O)c1cccc(-c2cccc3c2C=CC3)n1. The summed E-state index contributed by atoms with van der Waals surface area (Å²) in [6.07, 6.45) is 6.75. The number of aromatic nitrogens is 2. The molecule has 0 bridgehead atoms. The van der Waals surface area contributed by atoms with Gasteiger partial charge in [-0.15, -0.1) is 0 Å². The van der Waals surface area contributed by atoms with Gasteiger partial charge >= 0.3 is 0 Å². The van der Waals surface area contributed by atoms with E-state index in [9.17, 15) is 4.79 Å². The lowest BCUT2D eigenvalue weighted by atomic mass is 10.00. The van der Waals surface area contributed by atoms with E-state index in [0.29, 0.717) is 11.3 Å². The van der Waals surface area contributed by atoms with Gasteiger partial charge in [0.25, 0.3) is 0 Å². The largest absolute Gasteiger partial charge is 0.383 e. The van der Waals surface area contributed by atoms with Crippen molar-refractivity contribution in [1.82, 2.24) is 9.97 Å². The quantitative estimate of drug-likeness (QED) is 0.751. The smallest absolute Gasteiger partial charge is 0.215 e. The van der Waals surface area contributed by atoms with Crippen LogP contribution in [0.15, 0.2) is 60.8 Å². The van der Waals surface area contributed by atoms with Crippen molar-refractivity contribution in [2.75, 3.05) is 5.73 Å². The maximum absolute atomic E-state index is 12.7. The number of rotatable bonds is 3. The number of pyridine rings is 2. The molecule has 0 atom stereocenters. The van der Waals surface area contributed by atoms with Gasteiger partial charge < -0.3 is 5.73 Å². The molecule has 0 fully saturated rings. The molecular weight excluding hydrogens is 298 g/mol. The Morgan fingerprint density at radius 1 is 1.04 bits per heavy atom. The van der Waals surface area contributed by atoms with E-state index < -0.39 is 0 Å². The minimum Gasteiger partial charge on any atom is -0.383 e. The van der Waals surface area contributed by atoms with Gasteiger partial charge in [0.05, 0.1) is 11.3 Å². The molecule has 0 aliphatic heterocycles. The van der Waals surface area contributed by atoms with E-state index in [1.54, 1.807) is 24.4 Å². The highest BCUT2D eigenvalue weighted by Crippen LogP contribution is 2.30. The average Bonchev–Trinajstić information content (AvgIpc) is 3.10. The average molecular weight is 313 g/mol. The number of fused-ring (bicyclic) bond motifs is 1. The number of carbonyl (C=O) groups is 1. The molecule has 4 heteroatoms. The molecule has 3 aromatic rings. The molecule has 2 heterocycles. The van der Waals surface area contributed by atoms with Gasteiger partial charge in [-0.25, -0.2) is 9.97 Å². The second kappa shape index (κ2) is 5.74. The predicted molar refractivity (Wildman–Crippen MR) is 94.5 cm³/mol. The Kier molecular flexibility index (Phi) is 3.43. The van der Waals surface area contributed by atoms with Gasteiger partial charge in [0.2, 0.25) is 5.78 Å². The van der Waals surface area contributed by atoms with Crippen LogP contribution in [0.25, 0.3) is 17.3 Å². The van der Waals surface area contributed by atoms with Crippen molar-refractivity contribution in [2.24, 2.45) is 0 Å². The number of hydrogen-bond donors (Lipinski definition) is 1. The van der Waals surface area contributed by atoms with E-state index in [1.165, 1.54) is 11.1 Å². The Morgan fingerprint density at radius 2 is 1.92 bits per heavy atom. The highest BCUT2D eigenvalue weighted by molar-refractivity contribution is 6.10. The van der Waals surface area contributed by atoms with Crippen LogP contribution in [0.5, 0.6) is 0 Å². The van der Waals surface area contributed by atoms with Gasteiger partial charge in [0, 0.05) is 11.8 Å². The molecule has 1 aliphatic carbocycles. The highest BCUT2D eigenvalue weighted by Gasteiger charge is 2.17. The molecule has 0 amide bonds. The number of carbonyl (C=O) groups excluding carboxylic acids is 1. The van der Waals surface area contributed by atoms with E-state index in [-0.39, 0.29) is 11.6 Å². The second-order valence-corrected chi connectivity index (χ2v) is 5.66. The summed E-state index contributed by atoms with van der Waals surface area (Å²) in [5, 5.41) is 0. The Morgan fingerprint density at radius 3 is 2.79 bits per heavy atom. The number of anilines is 1. The molecule has 0 spiro atoms. The van der Waals surface area contributed by atoms with Crippen LogP contribution in [-0.4, -0.2) is 15.8 Å². The van der Waals surface area contributed by atoms with Gasteiger partial charge in [0.1, 0.15) is 11.5 Å². The Labute approximate surface area is 139 Å². The minimum absolute atomic E-state index is 0.217. The zero-order valence-electron chi connectivity index (χ0n) is 12.9. The normalized spacial score (nSPS) is 12.2. The summed E-state index contributed by atoms with van der Waals surface area (Å²) >= 11 is 0. The molecule has 1 aliphatic rings. The fraction of sp³-hybridized carbons (Fsp3) is 0.0500. The van der Waals surface area contributed by atoms with Crippen LogP contribution in [0, 0.1) is 0 Å². The van der Waals surface area contributed by atoms with Crippen LogP contribution in [0.2, 0.25) is 0 Å². The first-order valence-corrected chi connectivity index (χ1v) is 7.75. The third-order valence-electron chi connectivity index (χ3n) is 4.16. The zero-order chi connectivity index (χ0) is 16.5. The van der Waals surface area contributed by atoms with Gasteiger partial charge in [-0.1, -0.05) is 36.4 Å². The van der Waals surface area contributed by atoms with Gasteiger partial charge in [-0.05, 0) is 41.8 Å². The van der Waals surface area contributed by atoms with Gasteiger partial charge in [0.15, 0.2) is 0 Å². The lowest BCUT2D eigenvalue weighted by Crippen LogP contribution is -2.09. The molecule has 0 radical (unpaired) electrons. The van der Waals surface area contributed by atoms with Gasteiger partial charge in [-0.2, -0.15) is 0 Å². The topological polar surface area (TPSA) is 68.9 Å². The lowest BCUT2D eigenvalue weighted by molar-refractivity contribution is 0.103. The fourth-order valence-electron chi connectivity index (χ4n) is 2.97. The van der Waals surface area contributed by atoms with Crippen molar-refractivity contribution in [1.29, 1.82) is 0 Å². The predicted octanol–water partition coefficient (Wildman–Crippen LogP) is 3.53. The number of hydrogen-bond acceptors (Lipinski definition) is 4. The number of nitrogen functional groups attached to an aromatic ring is 1. The summed E-state index contributed by atoms with van der Waals surface area (Å²) in [4.78, 5) is 21.2. The van der Waals surface area contributed by atoms with Crippen LogP contribution >= 0.6 is 0 Å². The maximum Gasteiger partial charge on any atom is 0.215 e. The Bertz CT molecular complexity index is 976. The van der Waals surface area contributed by atoms with Crippen LogP contribution in [-0.2, 0) is 6.42 Å². The molecule has 24 heavy (non-hydrogen) atoms. The highest BCUT2D eigenvalue weighted by atomic mass is 16.1. The third kappa shape index (κ3) is 2.38. The number of allylic oxidation sites excluding steroid dienone is 1. The molecule has 116 valence electrons. The zero-order valence-corrected chi connectivity index (χ0v) is 12.9. The van der Waals surface area contributed by atoms with Crippen LogP contribution < -0.4 is 5.73 Å². The van der Waals surface area contributed by atoms with E-state index in [0.717, 1.165) is 17.7 Å². The van der Waals surface area contributed by atoms with E-state index in [4.69, 9.17) is 5.73 Å². The summed E-state index contributed by atoms with van der Waals surface area (Å²) in [6.45, 7) is 0. The Hall–Kier alpha value is -3.27. The molecule has 2 aromatic heterocycles. The monoisotopic (exact) mass is 313 g/mol. The number of nitrogens with two attached hydrogens (primary N) is 1. The summed E-state index contributed by atoms with van der Waals surface area (Å²) in [6, 6.07) is 15.0. The molecule has 0 unspecified atom stereocenters. The van der Waals surface area contributed by atoms with Crippen LogP contribution in [0.4, 0.5) is 5.82 Å². The summed E-state index contributed by atoms with van der Waals surface area (Å²) in [5.41, 5.74) is 10.8. The van der Waals surface area contributed by atoms with Gasteiger partial charge in [-0.3, -0.25) is 4.79 Å². The van der Waals surface area contributed by atoms with E-state index in [2.05, 4.69) is 28.2 Å². The van der Waals surface area contributed by atoms with Crippen molar-refractivity contribution in [3.63, 3.8) is 0 Å². The van der Waals surface area contributed by atoms with Crippen LogP contribution in [0.1, 0.15) is 27.2 Å². The Balaban J connectivity index is 1.78. The maximum atomic E-state index is 12.7. The minimum atomic E-state index is -0.217. The first kappa shape index (κ1) is 14.3. The number of ketones is 1. The molecule has 1 aromatic carbocycles. The molecule has 4 nitrogen and oxygen atoms in total. The molecule has 2 N–H and O–H groups in total. The summed E-state index contributed by atoms with van der Waals surface area (Å²) in [7, 11) is 0. The van der Waals surface area contributed by atoms with E-state index in [1.807, 2.05) is 24.3 Å². The van der Waals surface area contributed by atoms with Crippen LogP contribution in [0.3, 0.4) is 0 Å². The lowest BCUT2D eigenvalue weighted by Gasteiger charge is -2.09. The van der Waals surface area contributed by atoms with Crippen molar-refractivity contribution >= 4 is 17.7 Å². The summed E-state index contributed by atoms with van der Waals surface area (Å²) < 4.78 is 0. The number of nitrogens with zero attached hydrogens (tertiary/aromatic N) is 2. The van der Waals surface area contributed by atoms with E-state index >= 15 is 0 Å². The van der Waals surface area contributed by atoms with Crippen molar-refractivity contribution in [3.8, 4) is 11.3 Å². The van der Waals surface area contributed by atoms with Crippen molar-refractivity contribution in [3.05, 3.63) is 83.2 Å². The first-order valence-electron chi connectivity index (χ1n) is 7.75. The number of benzene rings is 1. The molecular formula is C20H15N3O. The molecule has 4 rings (SSSR count). The standard InChI is InChI=1S/C20H15N3O/c21-20-16(9-4-12-22-20)19(24)18-11-3-10-17(23-18)15-8-2-6-13-5-1-7-14(13)15/h1-4,6-12H,5H2,(H2,21,22). The molecule has 0 saturated carbocycles. The molecule has 0 saturated heterocycles. The van der Waals surface area contributed by atoms with Crippen molar-refractivity contribution < 1.29 is 4.79 Å². The second-order valence-electron chi connectivity index (χ2n) is 5.66. The fourth-order valence-corrected chi connectivity index (χ4v) is 2.97. The summed E-state index contributed by atoms with van der Waals surface area (Å²) in [5.74, 6) is 0.00353. The van der Waals surface area contributed by atoms with Crippen molar-refractivity contribution in [2.45, 2.75) is 6.42 Å².